The van der Waals surface area contributed by atoms with Crippen LogP contribution in [-0.2, 0) is 14.3 Å². The van der Waals surface area contributed by atoms with Gasteiger partial charge in [0, 0.05) is 12.8 Å². The molecule has 0 saturated carbocycles. The standard InChI is InChI=1S/C49H90O4/c1-2-3-4-5-6-7-8-9-24-28-31-34-37-40-43-46-49(52)53-47-44-41-38-35-32-29-26-23-21-19-17-15-13-11-10-12-14-16-18-20-22-25-27-30-33-36-39-42-45-48(50)51/h3-4,6-7,9,24H,2,5,8,10-23,25-47H2,1H3,(H,50,51)/b4-3-,7-6-,24-9-. The van der Waals surface area contributed by atoms with E-state index < -0.39 is 5.97 Å². The molecule has 4 heteroatoms. The summed E-state index contributed by atoms with van der Waals surface area (Å²) in [6.45, 7) is 2.78. The van der Waals surface area contributed by atoms with E-state index in [2.05, 4.69) is 43.4 Å². The van der Waals surface area contributed by atoms with Crippen molar-refractivity contribution in [2.24, 2.45) is 0 Å². The molecule has 0 bridgehead atoms. The summed E-state index contributed by atoms with van der Waals surface area (Å²) in [5.41, 5.74) is 0. The zero-order valence-corrected chi connectivity index (χ0v) is 35.4. The van der Waals surface area contributed by atoms with E-state index in [1.807, 2.05) is 0 Å². The fraction of sp³-hybridized carbons (Fsp3) is 0.837. The number of esters is 1. The maximum absolute atomic E-state index is 12.0. The molecule has 0 fully saturated rings. The van der Waals surface area contributed by atoms with Crippen LogP contribution < -0.4 is 0 Å². The number of hydrogen-bond donors (Lipinski definition) is 1. The van der Waals surface area contributed by atoms with Gasteiger partial charge >= 0.3 is 11.9 Å². The normalized spacial score (nSPS) is 11.9. The predicted octanol–water partition coefficient (Wildman–Crippen LogP) is 16.5. The molecule has 1 N–H and O–H groups in total. The Morgan fingerprint density at radius 3 is 1.06 bits per heavy atom. The van der Waals surface area contributed by atoms with Gasteiger partial charge in [0.1, 0.15) is 0 Å². The van der Waals surface area contributed by atoms with E-state index in [1.165, 1.54) is 186 Å². The van der Waals surface area contributed by atoms with Crippen LogP contribution in [0.15, 0.2) is 36.5 Å². The van der Waals surface area contributed by atoms with Gasteiger partial charge in [0.2, 0.25) is 0 Å². The molecule has 0 radical (unpaired) electrons. The number of carbonyl (C=O) groups is 2. The molecule has 0 saturated heterocycles. The molecule has 0 spiro atoms. The van der Waals surface area contributed by atoms with Crippen molar-refractivity contribution < 1.29 is 19.4 Å². The van der Waals surface area contributed by atoms with E-state index in [0.717, 1.165) is 51.4 Å². The van der Waals surface area contributed by atoms with Gasteiger partial charge < -0.3 is 9.84 Å². The lowest BCUT2D eigenvalue weighted by molar-refractivity contribution is -0.144. The van der Waals surface area contributed by atoms with Crippen LogP contribution in [0.4, 0.5) is 0 Å². The number of allylic oxidation sites excluding steroid dienone is 6. The number of carbonyl (C=O) groups excluding carboxylic acids is 1. The maximum atomic E-state index is 12.0. The monoisotopic (exact) mass is 743 g/mol. The van der Waals surface area contributed by atoms with Crippen LogP contribution in [0.25, 0.3) is 0 Å². The zero-order valence-electron chi connectivity index (χ0n) is 35.4. The van der Waals surface area contributed by atoms with Crippen molar-refractivity contribution in [2.45, 2.75) is 257 Å². The van der Waals surface area contributed by atoms with Gasteiger partial charge in [-0.05, 0) is 51.4 Å². The lowest BCUT2D eigenvalue weighted by Gasteiger charge is -2.06. The highest BCUT2D eigenvalue weighted by Gasteiger charge is 2.03. The van der Waals surface area contributed by atoms with Crippen molar-refractivity contribution in [3.63, 3.8) is 0 Å². The molecule has 0 aliphatic heterocycles. The van der Waals surface area contributed by atoms with Crippen molar-refractivity contribution in [1.82, 2.24) is 0 Å². The van der Waals surface area contributed by atoms with Crippen LogP contribution in [0.1, 0.15) is 257 Å². The molecule has 0 aromatic carbocycles. The van der Waals surface area contributed by atoms with Crippen LogP contribution in [-0.4, -0.2) is 23.7 Å². The summed E-state index contributed by atoms with van der Waals surface area (Å²) >= 11 is 0. The van der Waals surface area contributed by atoms with Crippen LogP contribution in [0.3, 0.4) is 0 Å². The quantitative estimate of drug-likeness (QED) is 0.0383. The summed E-state index contributed by atoms with van der Waals surface area (Å²) in [5, 5.41) is 8.66. The average Bonchev–Trinajstić information content (AvgIpc) is 3.15. The van der Waals surface area contributed by atoms with Gasteiger partial charge in [-0.25, -0.2) is 0 Å². The molecule has 0 aliphatic rings. The molecule has 0 aromatic heterocycles. The highest BCUT2D eigenvalue weighted by molar-refractivity contribution is 5.69. The minimum absolute atomic E-state index is 0.00249. The third-order valence-electron chi connectivity index (χ3n) is 10.6. The summed E-state index contributed by atoms with van der Waals surface area (Å²) in [7, 11) is 0. The Morgan fingerprint density at radius 1 is 0.377 bits per heavy atom. The van der Waals surface area contributed by atoms with Crippen molar-refractivity contribution >= 4 is 11.9 Å². The van der Waals surface area contributed by atoms with Crippen LogP contribution in [0.5, 0.6) is 0 Å². The topological polar surface area (TPSA) is 63.6 Å². The molecular weight excluding hydrogens is 653 g/mol. The lowest BCUT2D eigenvalue weighted by atomic mass is 10.0. The third kappa shape index (κ3) is 48.1. The van der Waals surface area contributed by atoms with Crippen LogP contribution >= 0.6 is 0 Å². The molecule has 0 atom stereocenters. The molecule has 310 valence electrons. The Kier molecular flexibility index (Phi) is 44.7. The maximum Gasteiger partial charge on any atom is 0.305 e. The predicted molar refractivity (Wildman–Crippen MR) is 232 cm³/mol. The van der Waals surface area contributed by atoms with E-state index in [4.69, 9.17) is 9.84 Å². The van der Waals surface area contributed by atoms with E-state index in [9.17, 15) is 9.59 Å². The smallest absolute Gasteiger partial charge is 0.305 e. The molecule has 0 rings (SSSR count). The highest BCUT2D eigenvalue weighted by atomic mass is 16.5. The Labute approximate surface area is 330 Å². The summed E-state index contributed by atoms with van der Waals surface area (Å²) < 4.78 is 5.46. The fourth-order valence-electron chi connectivity index (χ4n) is 7.12. The zero-order chi connectivity index (χ0) is 38.4. The number of carboxylic acid groups (broad SMARTS) is 1. The highest BCUT2D eigenvalue weighted by Crippen LogP contribution is 2.17. The van der Waals surface area contributed by atoms with Gasteiger partial charge in [0.05, 0.1) is 6.61 Å². The largest absolute Gasteiger partial charge is 0.481 e. The van der Waals surface area contributed by atoms with E-state index >= 15 is 0 Å². The molecule has 0 unspecified atom stereocenters. The van der Waals surface area contributed by atoms with Gasteiger partial charge in [0.15, 0.2) is 0 Å². The number of aliphatic carboxylic acids is 1. The van der Waals surface area contributed by atoms with E-state index in [-0.39, 0.29) is 5.97 Å². The second-order valence-electron chi connectivity index (χ2n) is 15.9. The first-order valence-corrected chi connectivity index (χ1v) is 23.5. The molecule has 0 amide bonds. The van der Waals surface area contributed by atoms with Crippen LogP contribution in [0, 0.1) is 0 Å². The Hall–Kier alpha value is -1.84. The second-order valence-corrected chi connectivity index (χ2v) is 15.9. The number of rotatable bonds is 44. The SMILES string of the molecule is CC/C=C\C/C=C\C/C=C\CCCCCCCC(=O)OCCCCCCCCCCCCCCCCCCCCCCCCCCCCCCC(=O)O. The third-order valence-corrected chi connectivity index (χ3v) is 10.6. The second kappa shape index (κ2) is 46.3. The molecule has 4 nitrogen and oxygen atoms in total. The summed E-state index contributed by atoms with van der Waals surface area (Å²) in [6.07, 6.45) is 62.1. The molecular formula is C49H90O4. The minimum atomic E-state index is -0.654. The first-order chi connectivity index (χ1) is 26.2. The van der Waals surface area contributed by atoms with Crippen molar-refractivity contribution in [2.75, 3.05) is 6.61 Å². The van der Waals surface area contributed by atoms with E-state index in [0.29, 0.717) is 19.4 Å². The molecule has 0 heterocycles. The van der Waals surface area contributed by atoms with Crippen LogP contribution in [0.2, 0.25) is 0 Å². The lowest BCUT2D eigenvalue weighted by Crippen LogP contribution is -2.05. The van der Waals surface area contributed by atoms with Crippen molar-refractivity contribution in [3.05, 3.63) is 36.5 Å². The summed E-state index contributed by atoms with van der Waals surface area (Å²) in [5.74, 6) is -0.652. The average molecular weight is 743 g/mol. The summed E-state index contributed by atoms with van der Waals surface area (Å²) in [4.78, 5) is 22.5. The Balaban J connectivity index is 3.18. The van der Waals surface area contributed by atoms with Crippen molar-refractivity contribution in [3.8, 4) is 0 Å². The molecule has 0 aromatic rings. The number of carboxylic acids is 1. The van der Waals surface area contributed by atoms with Crippen molar-refractivity contribution in [1.29, 1.82) is 0 Å². The minimum Gasteiger partial charge on any atom is -0.481 e. The van der Waals surface area contributed by atoms with Gasteiger partial charge in [-0.15, -0.1) is 0 Å². The summed E-state index contributed by atoms with van der Waals surface area (Å²) in [6, 6.07) is 0. The van der Waals surface area contributed by atoms with Gasteiger partial charge in [-0.1, -0.05) is 230 Å². The molecule has 0 aliphatic carbocycles. The number of ether oxygens (including phenoxy) is 1. The van der Waals surface area contributed by atoms with Gasteiger partial charge in [-0.2, -0.15) is 0 Å². The van der Waals surface area contributed by atoms with E-state index in [1.54, 1.807) is 0 Å². The Morgan fingerprint density at radius 2 is 0.679 bits per heavy atom. The first kappa shape index (κ1) is 51.2. The number of hydrogen-bond acceptors (Lipinski definition) is 3. The Bertz CT molecular complexity index is 828. The number of unbranched alkanes of at least 4 members (excludes halogenated alkanes) is 32. The molecule has 53 heavy (non-hydrogen) atoms. The van der Waals surface area contributed by atoms with Gasteiger partial charge in [0.25, 0.3) is 0 Å². The van der Waals surface area contributed by atoms with Gasteiger partial charge in [-0.3, -0.25) is 9.59 Å². The fourth-order valence-corrected chi connectivity index (χ4v) is 7.12. The first-order valence-electron chi connectivity index (χ1n) is 23.5.